The van der Waals surface area contributed by atoms with Gasteiger partial charge >= 0.3 is 5.97 Å². The zero-order valence-corrected chi connectivity index (χ0v) is 21.2. The molecule has 0 radical (unpaired) electrons. The van der Waals surface area contributed by atoms with Crippen molar-refractivity contribution in [1.82, 2.24) is 14.8 Å². The normalized spacial score (nSPS) is 14.8. The van der Waals surface area contributed by atoms with E-state index in [1.54, 1.807) is 7.11 Å². The third kappa shape index (κ3) is 5.20. The number of para-hydroxylation sites is 1. The van der Waals surface area contributed by atoms with Gasteiger partial charge in [-0.2, -0.15) is 10.2 Å². The highest BCUT2D eigenvalue weighted by atomic mass is 16.5. The number of nitrogens with zero attached hydrogens (tertiary/aromatic N) is 4. The predicted molar refractivity (Wildman–Crippen MR) is 144 cm³/mol. The molecule has 0 saturated carbocycles. The minimum absolute atomic E-state index is 0.141. The SMILES string of the molecule is COc1ccc(C2=NN(C(=O)CCC(=O)O)C(c3cn(-c4ccccc4)nc3-c3ccc(C)cc3)C2)cc1. The fourth-order valence-electron chi connectivity index (χ4n) is 4.55. The van der Waals surface area contributed by atoms with E-state index in [0.29, 0.717) is 6.42 Å². The number of carboxylic acids is 1. The molecule has 38 heavy (non-hydrogen) atoms. The van der Waals surface area contributed by atoms with Gasteiger partial charge in [-0.05, 0) is 48.9 Å². The Labute approximate surface area is 220 Å². The molecule has 1 atom stereocenters. The number of carboxylic acid groups (broad SMARTS) is 1. The van der Waals surface area contributed by atoms with Crippen molar-refractivity contribution in [3.05, 3.63) is 102 Å². The van der Waals surface area contributed by atoms with E-state index < -0.39 is 12.0 Å². The van der Waals surface area contributed by atoms with Crippen molar-refractivity contribution >= 4 is 17.6 Å². The molecule has 1 aromatic heterocycles. The third-order valence-corrected chi connectivity index (χ3v) is 6.59. The van der Waals surface area contributed by atoms with Crippen molar-refractivity contribution in [3.63, 3.8) is 0 Å². The molecule has 0 spiro atoms. The first-order valence-electron chi connectivity index (χ1n) is 12.4. The molecule has 1 amide bonds. The molecule has 5 rings (SSSR count). The number of hydrogen-bond donors (Lipinski definition) is 1. The molecule has 3 aromatic carbocycles. The summed E-state index contributed by atoms with van der Waals surface area (Å²) in [6, 6.07) is 25.0. The van der Waals surface area contributed by atoms with Crippen LogP contribution in [0.2, 0.25) is 0 Å². The highest BCUT2D eigenvalue weighted by Crippen LogP contribution is 2.39. The Bertz CT molecular complexity index is 1480. The maximum atomic E-state index is 13.3. The molecule has 4 aromatic rings. The molecule has 8 nitrogen and oxygen atoms in total. The topological polar surface area (TPSA) is 97.0 Å². The van der Waals surface area contributed by atoms with Gasteiger partial charge in [-0.3, -0.25) is 9.59 Å². The molecule has 192 valence electrons. The second-order valence-corrected chi connectivity index (χ2v) is 9.21. The first-order chi connectivity index (χ1) is 18.4. The van der Waals surface area contributed by atoms with Gasteiger partial charge in [-0.1, -0.05) is 48.0 Å². The van der Waals surface area contributed by atoms with Gasteiger partial charge in [-0.15, -0.1) is 0 Å². The number of benzene rings is 3. The van der Waals surface area contributed by atoms with Crippen LogP contribution >= 0.6 is 0 Å². The standard InChI is InChI=1S/C30H28N4O4/c1-20-8-10-22(11-9-20)30-25(19-33(32-30)23-6-4-3-5-7-23)27-18-26(21-12-14-24(38-2)15-13-21)31-34(27)28(35)16-17-29(36)37/h3-15,19,27H,16-18H2,1-2H3,(H,36,37). The zero-order valence-electron chi connectivity index (χ0n) is 21.2. The van der Waals surface area contributed by atoms with Crippen molar-refractivity contribution in [2.75, 3.05) is 7.11 Å². The van der Waals surface area contributed by atoms with Crippen LogP contribution in [0.25, 0.3) is 16.9 Å². The maximum Gasteiger partial charge on any atom is 0.303 e. The smallest absolute Gasteiger partial charge is 0.303 e. The Morgan fingerprint density at radius 1 is 0.947 bits per heavy atom. The molecular weight excluding hydrogens is 480 g/mol. The number of hydrazone groups is 1. The molecule has 0 fully saturated rings. The Kier molecular flexibility index (Phi) is 7.04. The van der Waals surface area contributed by atoms with E-state index in [0.717, 1.165) is 45.1 Å². The summed E-state index contributed by atoms with van der Waals surface area (Å²) in [5.41, 5.74) is 6.16. The van der Waals surface area contributed by atoms with Crippen molar-refractivity contribution in [1.29, 1.82) is 0 Å². The number of hydrogen-bond acceptors (Lipinski definition) is 5. The number of amides is 1. The number of carbonyl (C=O) groups excluding carboxylic acids is 1. The number of rotatable bonds is 8. The van der Waals surface area contributed by atoms with Crippen LogP contribution in [0.1, 0.15) is 42.0 Å². The van der Waals surface area contributed by atoms with Crippen LogP contribution in [0, 0.1) is 6.92 Å². The quantitative estimate of drug-likeness (QED) is 0.344. The molecule has 8 heteroatoms. The minimum atomic E-state index is -1.02. The first kappa shape index (κ1) is 25.0. The fraction of sp³-hybridized carbons (Fsp3) is 0.200. The van der Waals surface area contributed by atoms with Gasteiger partial charge in [0.05, 0.1) is 36.7 Å². The molecule has 0 aliphatic carbocycles. The van der Waals surface area contributed by atoms with E-state index in [4.69, 9.17) is 14.9 Å². The van der Waals surface area contributed by atoms with Crippen LogP contribution in [-0.4, -0.2) is 44.6 Å². The van der Waals surface area contributed by atoms with Gasteiger partial charge in [0.1, 0.15) is 5.75 Å². The third-order valence-electron chi connectivity index (χ3n) is 6.59. The molecule has 0 bridgehead atoms. The largest absolute Gasteiger partial charge is 0.497 e. The van der Waals surface area contributed by atoms with Gasteiger partial charge in [0.2, 0.25) is 5.91 Å². The van der Waals surface area contributed by atoms with E-state index in [-0.39, 0.29) is 18.7 Å². The van der Waals surface area contributed by atoms with Crippen LogP contribution < -0.4 is 4.74 Å². The Balaban J connectivity index is 1.59. The summed E-state index contributed by atoms with van der Waals surface area (Å²) >= 11 is 0. The Hall–Kier alpha value is -4.72. The lowest BCUT2D eigenvalue weighted by Crippen LogP contribution is -2.27. The van der Waals surface area contributed by atoms with E-state index in [1.807, 2.05) is 96.7 Å². The highest BCUT2D eigenvalue weighted by molar-refractivity contribution is 6.03. The van der Waals surface area contributed by atoms with Crippen LogP contribution in [0.5, 0.6) is 5.75 Å². The average Bonchev–Trinajstić information content (AvgIpc) is 3.58. The summed E-state index contributed by atoms with van der Waals surface area (Å²) < 4.78 is 7.10. The second kappa shape index (κ2) is 10.7. The number of aryl methyl sites for hydroxylation is 1. The van der Waals surface area contributed by atoms with Crippen molar-refractivity contribution in [3.8, 4) is 22.7 Å². The molecule has 1 aliphatic heterocycles. The van der Waals surface area contributed by atoms with Crippen molar-refractivity contribution in [2.24, 2.45) is 5.10 Å². The lowest BCUT2D eigenvalue weighted by atomic mass is 9.96. The predicted octanol–water partition coefficient (Wildman–Crippen LogP) is 5.40. The van der Waals surface area contributed by atoms with Gasteiger partial charge in [0.25, 0.3) is 0 Å². The highest BCUT2D eigenvalue weighted by Gasteiger charge is 2.36. The molecule has 1 unspecified atom stereocenters. The first-order valence-corrected chi connectivity index (χ1v) is 12.4. The molecule has 2 heterocycles. The van der Waals surface area contributed by atoms with Crippen LogP contribution in [0.3, 0.4) is 0 Å². The number of carbonyl (C=O) groups is 2. The second-order valence-electron chi connectivity index (χ2n) is 9.21. The van der Waals surface area contributed by atoms with Gasteiger partial charge in [-0.25, -0.2) is 9.69 Å². The molecule has 1 N–H and O–H groups in total. The van der Waals surface area contributed by atoms with Gasteiger partial charge < -0.3 is 9.84 Å². The average molecular weight is 509 g/mol. The van der Waals surface area contributed by atoms with E-state index in [1.165, 1.54) is 5.01 Å². The van der Waals surface area contributed by atoms with Crippen LogP contribution in [0.15, 0.2) is 90.2 Å². The van der Waals surface area contributed by atoms with Gasteiger partial charge in [0, 0.05) is 30.2 Å². The minimum Gasteiger partial charge on any atom is -0.497 e. The summed E-state index contributed by atoms with van der Waals surface area (Å²) in [7, 11) is 1.61. The van der Waals surface area contributed by atoms with E-state index in [2.05, 4.69) is 0 Å². The van der Waals surface area contributed by atoms with Gasteiger partial charge in [0.15, 0.2) is 0 Å². The maximum absolute atomic E-state index is 13.3. The Morgan fingerprint density at radius 3 is 2.29 bits per heavy atom. The Morgan fingerprint density at radius 2 is 1.63 bits per heavy atom. The summed E-state index contributed by atoms with van der Waals surface area (Å²) in [5.74, 6) is -0.641. The fourth-order valence-corrected chi connectivity index (χ4v) is 4.55. The van der Waals surface area contributed by atoms with Crippen LogP contribution in [0.4, 0.5) is 0 Å². The molecule has 1 aliphatic rings. The lowest BCUT2D eigenvalue weighted by molar-refractivity contribution is -0.141. The van der Waals surface area contributed by atoms with E-state index in [9.17, 15) is 14.7 Å². The van der Waals surface area contributed by atoms with Crippen molar-refractivity contribution in [2.45, 2.75) is 32.2 Å². The monoisotopic (exact) mass is 508 g/mol. The van der Waals surface area contributed by atoms with E-state index >= 15 is 0 Å². The number of ether oxygens (including phenoxy) is 1. The van der Waals surface area contributed by atoms with Crippen molar-refractivity contribution < 1.29 is 19.4 Å². The number of aliphatic carboxylic acids is 1. The number of methoxy groups -OCH3 is 1. The molecular formula is C30H28N4O4. The van der Waals surface area contributed by atoms with Crippen LogP contribution in [-0.2, 0) is 9.59 Å². The zero-order chi connectivity index (χ0) is 26.6. The summed E-state index contributed by atoms with van der Waals surface area (Å²) in [6.45, 7) is 2.03. The summed E-state index contributed by atoms with van der Waals surface area (Å²) in [4.78, 5) is 24.5. The lowest BCUT2D eigenvalue weighted by Gasteiger charge is -2.21. The summed E-state index contributed by atoms with van der Waals surface area (Å²) in [6.07, 6.45) is 2.01. The summed E-state index contributed by atoms with van der Waals surface area (Å²) in [5, 5.41) is 20.3. The molecule has 0 saturated heterocycles. The number of aromatic nitrogens is 2.